The topological polar surface area (TPSA) is 64.4 Å². The standard InChI is InChI=1S/C12H18N2O3/c1-7-10(8(2)17-14-7)6-13-11(9-4-5-9)12(15)16-3/h9,11,13H,4-6H2,1-3H3. The molecule has 0 saturated heterocycles. The molecule has 0 bridgehead atoms. The van der Waals surface area contributed by atoms with E-state index >= 15 is 0 Å². The molecule has 0 amide bonds. The second-order valence-electron chi connectivity index (χ2n) is 4.52. The maximum Gasteiger partial charge on any atom is 0.323 e. The molecule has 94 valence electrons. The van der Waals surface area contributed by atoms with Gasteiger partial charge < -0.3 is 9.26 Å². The third-order valence-corrected chi connectivity index (χ3v) is 3.23. The number of ether oxygens (including phenoxy) is 1. The number of aromatic nitrogens is 1. The van der Waals surface area contributed by atoms with Crippen molar-refractivity contribution in [1.29, 1.82) is 0 Å². The van der Waals surface area contributed by atoms with Crippen LogP contribution in [0.25, 0.3) is 0 Å². The van der Waals surface area contributed by atoms with Crippen molar-refractivity contribution in [3.8, 4) is 0 Å². The molecular weight excluding hydrogens is 220 g/mol. The van der Waals surface area contributed by atoms with Gasteiger partial charge in [0.1, 0.15) is 11.8 Å². The van der Waals surface area contributed by atoms with Crippen molar-refractivity contribution in [1.82, 2.24) is 10.5 Å². The van der Waals surface area contributed by atoms with Gasteiger partial charge in [-0.25, -0.2) is 0 Å². The maximum atomic E-state index is 11.6. The van der Waals surface area contributed by atoms with Gasteiger partial charge in [0.05, 0.1) is 12.8 Å². The molecule has 0 aliphatic heterocycles. The Hall–Kier alpha value is -1.36. The van der Waals surface area contributed by atoms with Crippen molar-refractivity contribution in [2.45, 2.75) is 39.3 Å². The summed E-state index contributed by atoms with van der Waals surface area (Å²) < 4.78 is 9.89. The van der Waals surface area contributed by atoms with E-state index in [1.54, 1.807) is 0 Å². The zero-order valence-electron chi connectivity index (χ0n) is 10.4. The van der Waals surface area contributed by atoms with E-state index in [1.807, 2.05) is 13.8 Å². The first-order chi connectivity index (χ1) is 8.13. The summed E-state index contributed by atoms with van der Waals surface area (Å²) in [6.07, 6.45) is 2.18. The lowest BCUT2D eigenvalue weighted by atomic mass is 10.1. The van der Waals surface area contributed by atoms with Crippen molar-refractivity contribution in [3.63, 3.8) is 0 Å². The summed E-state index contributed by atoms with van der Waals surface area (Å²) in [5.41, 5.74) is 1.90. The van der Waals surface area contributed by atoms with Crippen LogP contribution in [0.5, 0.6) is 0 Å². The average Bonchev–Trinajstić information content (AvgIpc) is 3.10. The van der Waals surface area contributed by atoms with Crippen molar-refractivity contribution in [2.75, 3.05) is 7.11 Å². The highest BCUT2D eigenvalue weighted by Gasteiger charge is 2.36. The zero-order chi connectivity index (χ0) is 12.4. The number of methoxy groups -OCH3 is 1. The van der Waals surface area contributed by atoms with Crippen LogP contribution >= 0.6 is 0 Å². The molecule has 5 nitrogen and oxygen atoms in total. The summed E-state index contributed by atoms with van der Waals surface area (Å²) in [6.45, 7) is 4.37. The van der Waals surface area contributed by atoms with E-state index in [-0.39, 0.29) is 12.0 Å². The van der Waals surface area contributed by atoms with Gasteiger partial charge in [0.25, 0.3) is 0 Å². The Morgan fingerprint density at radius 1 is 1.59 bits per heavy atom. The predicted octanol–water partition coefficient (Wildman–Crippen LogP) is 1.33. The van der Waals surface area contributed by atoms with Crippen molar-refractivity contribution < 1.29 is 14.1 Å². The third-order valence-electron chi connectivity index (χ3n) is 3.23. The van der Waals surface area contributed by atoms with Gasteiger partial charge in [-0.2, -0.15) is 0 Å². The summed E-state index contributed by atoms with van der Waals surface area (Å²) in [6, 6.07) is -0.200. The molecule has 0 radical (unpaired) electrons. The number of nitrogens with one attached hydrogen (secondary N) is 1. The van der Waals surface area contributed by atoms with E-state index in [0.717, 1.165) is 29.9 Å². The second-order valence-corrected chi connectivity index (χ2v) is 4.52. The number of rotatable bonds is 5. The summed E-state index contributed by atoms with van der Waals surface area (Å²) in [4.78, 5) is 11.6. The molecule has 17 heavy (non-hydrogen) atoms. The zero-order valence-corrected chi connectivity index (χ0v) is 10.4. The van der Waals surface area contributed by atoms with Crippen LogP contribution in [0.15, 0.2) is 4.52 Å². The maximum absolute atomic E-state index is 11.6. The van der Waals surface area contributed by atoms with Gasteiger partial charge in [-0.15, -0.1) is 0 Å². The Bertz CT molecular complexity index is 390. The first-order valence-corrected chi connectivity index (χ1v) is 5.86. The van der Waals surface area contributed by atoms with Gasteiger partial charge in [0.2, 0.25) is 0 Å². The molecule has 1 aliphatic rings. The minimum absolute atomic E-state index is 0.181. The highest BCUT2D eigenvalue weighted by atomic mass is 16.5. The minimum atomic E-state index is -0.200. The van der Waals surface area contributed by atoms with E-state index in [4.69, 9.17) is 9.26 Å². The van der Waals surface area contributed by atoms with Crippen LogP contribution in [0.1, 0.15) is 29.9 Å². The predicted molar refractivity (Wildman–Crippen MR) is 61.3 cm³/mol. The molecule has 0 aromatic carbocycles. The lowest BCUT2D eigenvalue weighted by molar-refractivity contribution is -0.143. The van der Waals surface area contributed by atoms with Crippen LogP contribution in [0.4, 0.5) is 0 Å². The quantitative estimate of drug-likeness (QED) is 0.784. The molecule has 1 fully saturated rings. The number of nitrogens with zero attached hydrogens (tertiary/aromatic N) is 1. The van der Waals surface area contributed by atoms with Crippen LogP contribution in [-0.2, 0) is 16.1 Å². The summed E-state index contributed by atoms with van der Waals surface area (Å²) in [5.74, 6) is 1.04. The monoisotopic (exact) mass is 238 g/mol. The van der Waals surface area contributed by atoms with Gasteiger partial charge in [-0.1, -0.05) is 5.16 Å². The number of hydrogen-bond acceptors (Lipinski definition) is 5. The first-order valence-electron chi connectivity index (χ1n) is 5.86. The molecule has 1 aromatic heterocycles. The summed E-state index contributed by atoms with van der Waals surface area (Å²) in [7, 11) is 1.43. The van der Waals surface area contributed by atoms with Gasteiger partial charge in [-0.3, -0.25) is 10.1 Å². The summed E-state index contributed by atoms with van der Waals surface area (Å²) in [5, 5.41) is 7.13. The normalized spacial score (nSPS) is 16.9. The summed E-state index contributed by atoms with van der Waals surface area (Å²) >= 11 is 0. The Balaban J connectivity index is 1.98. The van der Waals surface area contributed by atoms with Crippen LogP contribution < -0.4 is 5.32 Å². The Morgan fingerprint density at radius 2 is 2.29 bits per heavy atom. The van der Waals surface area contributed by atoms with Gasteiger partial charge in [-0.05, 0) is 32.6 Å². The van der Waals surface area contributed by atoms with Crippen molar-refractivity contribution >= 4 is 5.97 Å². The Kier molecular flexibility index (Phi) is 3.47. The molecule has 1 heterocycles. The smallest absolute Gasteiger partial charge is 0.323 e. The van der Waals surface area contributed by atoms with E-state index in [2.05, 4.69) is 10.5 Å². The molecule has 5 heteroatoms. The van der Waals surface area contributed by atoms with Crippen LogP contribution in [0.3, 0.4) is 0 Å². The van der Waals surface area contributed by atoms with Gasteiger partial charge >= 0.3 is 5.97 Å². The Labute approximate surface area is 101 Å². The second kappa shape index (κ2) is 4.87. The average molecular weight is 238 g/mol. The van der Waals surface area contributed by atoms with Crippen molar-refractivity contribution in [3.05, 3.63) is 17.0 Å². The molecule has 1 unspecified atom stereocenters. The van der Waals surface area contributed by atoms with E-state index < -0.39 is 0 Å². The first kappa shape index (κ1) is 12.1. The number of aryl methyl sites for hydroxylation is 2. The fraction of sp³-hybridized carbons (Fsp3) is 0.667. The van der Waals surface area contributed by atoms with E-state index in [1.165, 1.54) is 7.11 Å². The van der Waals surface area contributed by atoms with E-state index in [9.17, 15) is 4.79 Å². The molecule has 1 aromatic rings. The molecule has 1 saturated carbocycles. The number of carbonyl (C=O) groups is 1. The minimum Gasteiger partial charge on any atom is -0.468 e. The molecule has 1 atom stereocenters. The fourth-order valence-corrected chi connectivity index (χ4v) is 1.97. The molecular formula is C12H18N2O3. The van der Waals surface area contributed by atoms with Gasteiger partial charge in [0, 0.05) is 12.1 Å². The lowest BCUT2D eigenvalue weighted by Gasteiger charge is -2.15. The SMILES string of the molecule is COC(=O)C(NCc1c(C)noc1C)C1CC1. The van der Waals surface area contributed by atoms with Crippen LogP contribution in [0.2, 0.25) is 0 Å². The molecule has 1 N–H and O–H groups in total. The highest BCUT2D eigenvalue weighted by molar-refractivity contribution is 5.76. The Morgan fingerprint density at radius 3 is 2.76 bits per heavy atom. The highest BCUT2D eigenvalue weighted by Crippen LogP contribution is 2.33. The van der Waals surface area contributed by atoms with Gasteiger partial charge in [0.15, 0.2) is 0 Å². The molecule has 2 rings (SSSR count). The van der Waals surface area contributed by atoms with Crippen molar-refractivity contribution in [2.24, 2.45) is 5.92 Å². The fourth-order valence-electron chi connectivity index (χ4n) is 1.97. The molecule has 1 aliphatic carbocycles. The number of carbonyl (C=O) groups excluding carboxylic acids is 1. The molecule has 0 spiro atoms. The van der Waals surface area contributed by atoms with Crippen LogP contribution in [-0.4, -0.2) is 24.3 Å². The third kappa shape index (κ3) is 2.66. The number of esters is 1. The lowest BCUT2D eigenvalue weighted by Crippen LogP contribution is -2.39. The largest absolute Gasteiger partial charge is 0.468 e. The van der Waals surface area contributed by atoms with E-state index in [0.29, 0.717) is 12.5 Å². The van der Waals surface area contributed by atoms with Crippen LogP contribution in [0, 0.1) is 19.8 Å². The number of hydrogen-bond donors (Lipinski definition) is 1.